The van der Waals surface area contributed by atoms with Gasteiger partial charge in [-0.2, -0.15) is 13.2 Å². The highest BCUT2D eigenvalue weighted by Crippen LogP contribution is 2.37. The number of amides is 4. The first-order valence-corrected chi connectivity index (χ1v) is 10.0. The summed E-state index contributed by atoms with van der Waals surface area (Å²) in [6, 6.07) is 4.08. The van der Waals surface area contributed by atoms with Crippen molar-refractivity contribution in [2.45, 2.75) is 70.3 Å². The van der Waals surface area contributed by atoms with Crippen molar-refractivity contribution in [2.75, 3.05) is 6.54 Å². The predicted octanol–water partition coefficient (Wildman–Crippen LogP) is 3.87. The van der Waals surface area contributed by atoms with Crippen LogP contribution in [-0.2, 0) is 15.8 Å². The fourth-order valence-corrected chi connectivity index (χ4v) is 3.76. The van der Waals surface area contributed by atoms with Gasteiger partial charge in [-0.15, -0.1) is 0 Å². The van der Waals surface area contributed by atoms with Crippen molar-refractivity contribution < 1.29 is 27.6 Å². The summed E-state index contributed by atoms with van der Waals surface area (Å²) in [5, 5.41) is 2.59. The SMILES string of the molecule is CC(c1cccc(C(F)(F)F)c1)N(C(=O)CCCN1C(=O)NC(C)(C)C1=O)C1CC1. The van der Waals surface area contributed by atoms with Crippen molar-refractivity contribution in [3.05, 3.63) is 35.4 Å². The van der Waals surface area contributed by atoms with Gasteiger partial charge in [-0.1, -0.05) is 12.1 Å². The topological polar surface area (TPSA) is 69.7 Å². The maximum absolute atomic E-state index is 13.0. The van der Waals surface area contributed by atoms with Crippen LogP contribution in [0, 0.1) is 0 Å². The van der Waals surface area contributed by atoms with Gasteiger partial charge in [0.2, 0.25) is 5.91 Å². The Hall–Kier alpha value is -2.58. The van der Waals surface area contributed by atoms with E-state index in [1.165, 1.54) is 6.07 Å². The largest absolute Gasteiger partial charge is 0.416 e. The van der Waals surface area contributed by atoms with Crippen molar-refractivity contribution >= 4 is 17.8 Å². The first kappa shape index (κ1) is 22.1. The van der Waals surface area contributed by atoms with Gasteiger partial charge in [0.05, 0.1) is 11.6 Å². The Morgan fingerprint density at radius 1 is 1.30 bits per heavy atom. The van der Waals surface area contributed by atoms with Gasteiger partial charge < -0.3 is 10.2 Å². The van der Waals surface area contributed by atoms with Gasteiger partial charge in [-0.3, -0.25) is 14.5 Å². The van der Waals surface area contributed by atoms with Crippen LogP contribution in [0.5, 0.6) is 0 Å². The zero-order valence-corrected chi connectivity index (χ0v) is 17.3. The zero-order chi connectivity index (χ0) is 22.3. The molecule has 2 fully saturated rings. The Labute approximate surface area is 173 Å². The van der Waals surface area contributed by atoms with E-state index in [1.54, 1.807) is 31.7 Å². The molecule has 1 saturated heterocycles. The number of halogens is 3. The van der Waals surface area contributed by atoms with Crippen LogP contribution < -0.4 is 5.32 Å². The number of hydrogen-bond acceptors (Lipinski definition) is 3. The Kier molecular flexibility index (Phi) is 5.84. The molecule has 9 heteroatoms. The van der Waals surface area contributed by atoms with E-state index in [1.807, 2.05) is 0 Å². The number of nitrogens with zero attached hydrogens (tertiary/aromatic N) is 2. The molecule has 1 aliphatic carbocycles. The molecule has 1 aromatic rings. The van der Waals surface area contributed by atoms with E-state index < -0.39 is 29.4 Å². The normalized spacial score (nSPS) is 19.6. The molecule has 1 N–H and O–H groups in total. The number of nitrogens with one attached hydrogen (secondary N) is 1. The summed E-state index contributed by atoms with van der Waals surface area (Å²) in [6.07, 6.45) is -2.41. The number of imide groups is 1. The van der Waals surface area contributed by atoms with Crippen LogP contribution in [0.15, 0.2) is 24.3 Å². The van der Waals surface area contributed by atoms with Crippen molar-refractivity contribution in [3.8, 4) is 0 Å². The smallest absolute Gasteiger partial charge is 0.333 e. The molecule has 0 aromatic heterocycles. The van der Waals surface area contributed by atoms with Gasteiger partial charge in [0.15, 0.2) is 0 Å². The Morgan fingerprint density at radius 3 is 2.50 bits per heavy atom. The van der Waals surface area contributed by atoms with E-state index in [0.29, 0.717) is 12.0 Å². The summed E-state index contributed by atoms with van der Waals surface area (Å²) in [5.74, 6) is -0.523. The lowest BCUT2D eigenvalue weighted by molar-refractivity contribution is -0.137. The highest BCUT2D eigenvalue weighted by Gasteiger charge is 2.44. The van der Waals surface area contributed by atoms with E-state index in [0.717, 1.165) is 29.9 Å². The molecule has 1 unspecified atom stereocenters. The Morgan fingerprint density at radius 2 is 1.97 bits per heavy atom. The van der Waals surface area contributed by atoms with Crippen molar-refractivity contribution in [3.63, 3.8) is 0 Å². The van der Waals surface area contributed by atoms with Crippen molar-refractivity contribution in [1.82, 2.24) is 15.1 Å². The van der Waals surface area contributed by atoms with Crippen LogP contribution in [0.4, 0.5) is 18.0 Å². The van der Waals surface area contributed by atoms with E-state index in [2.05, 4.69) is 5.32 Å². The fraction of sp³-hybridized carbons (Fsp3) is 0.571. The maximum Gasteiger partial charge on any atom is 0.416 e. The maximum atomic E-state index is 13.0. The average molecular weight is 425 g/mol. The van der Waals surface area contributed by atoms with E-state index >= 15 is 0 Å². The number of benzene rings is 1. The van der Waals surface area contributed by atoms with Crippen LogP contribution in [0.1, 0.15) is 63.6 Å². The highest BCUT2D eigenvalue weighted by atomic mass is 19.4. The predicted molar refractivity (Wildman–Crippen MR) is 103 cm³/mol. The Balaban J connectivity index is 1.65. The summed E-state index contributed by atoms with van der Waals surface area (Å²) < 4.78 is 39.1. The van der Waals surface area contributed by atoms with Crippen molar-refractivity contribution in [1.29, 1.82) is 0 Å². The third kappa shape index (κ3) is 4.60. The number of carbonyl (C=O) groups excluding carboxylic acids is 3. The molecule has 30 heavy (non-hydrogen) atoms. The van der Waals surface area contributed by atoms with Gasteiger partial charge in [0.25, 0.3) is 5.91 Å². The highest BCUT2D eigenvalue weighted by molar-refractivity contribution is 6.06. The average Bonchev–Trinajstić information content (AvgIpc) is 3.45. The van der Waals surface area contributed by atoms with E-state index in [4.69, 9.17) is 0 Å². The standard InChI is InChI=1S/C21H26F3N3O3/c1-13(14-6-4-7-15(12-14)21(22,23)24)27(16-9-10-16)17(28)8-5-11-26-18(29)20(2,3)25-19(26)30/h4,6-7,12-13,16H,5,8-11H2,1-3H3,(H,25,30). The van der Waals surface area contributed by atoms with Crippen LogP contribution in [0.25, 0.3) is 0 Å². The molecule has 1 aliphatic heterocycles. The quantitative estimate of drug-likeness (QED) is 0.675. The second kappa shape index (κ2) is 7.92. The second-order valence-corrected chi connectivity index (χ2v) is 8.45. The lowest BCUT2D eigenvalue weighted by Gasteiger charge is -2.30. The summed E-state index contributed by atoms with van der Waals surface area (Å²) in [7, 11) is 0. The van der Waals surface area contributed by atoms with Gasteiger partial charge in [-0.25, -0.2) is 4.79 Å². The number of alkyl halides is 3. The summed E-state index contributed by atoms with van der Waals surface area (Å²) >= 11 is 0. The zero-order valence-electron chi connectivity index (χ0n) is 17.3. The molecule has 0 radical (unpaired) electrons. The molecule has 0 spiro atoms. The fourth-order valence-electron chi connectivity index (χ4n) is 3.76. The van der Waals surface area contributed by atoms with Crippen LogP contribution in [0.2, 0.25) is 0 Å². The van der Waals surface area contributed by atoms with Gasteiger partial charge in [0, 0.05) is 19.0 Å². The van der Waals surface area contributed by atoms with Crippen LogP contribution >= 0.6 is 0 Å². The second-order valence-electron chi connectivity index (χ2n) is 8.45. The van der Waals surface area contributed by atoms with Crippen LogP contribution in [-0.4, -0.2) is 45.8 Å². The number of rotatable bonds is 7. The number of urea groups is 1. The molecule has 1 aromatic carbocycles. The molecule has 0 bridgehead atoms. The summed E-state index contributed by atoms with van der Waals surface area (Å²) in [6.45, 7) is 5.08. The van der Waals surface area contributed by atoms with Gasteiger partial charge in [-0.05, 0) is 57.7 Å². The third-order valence-electron chi connectivity index (χ3n) is 5.56. The molecule has 164 valence electrons. The first-order valence-electron chi connectivity index (χ1n) is 10.0. The Bertz CT molecular complexity index is 849. The molecule has 3 rings (SSSR count). The van der Waals surface area contributed by atoms with Gasteiger partial charge >= 0.3 is 12.2 Å². The van der Waals surface area contributed by atoms with E-state index in [-0.39, 0.29) is 30.8 Å². The first-order chi connectivity index (χ1) is 13.9. The minimum Gasteiger partial charge on any atom is -0.333 e. The molecule has 4 amide bonds. The van der Waals surface area contributed by atoms with Crippen molar-refractivity contribution in [2.24, 2.45) is 0 Å². The molecule has 1 atom stereocenters. The molecule has 1 heterocycles. The van der Waals surface area contributed by atoms with E-state index in [9.17, 15) is 27.6 Å². The monoisotopic (exact) mass is 425 g/mol. The lowest BCUT2D eigenvalue weighted by Crippen LogP contribution is -2.40. The number of carbonyl (C=O) groups is 3. The van der Waals surface area contributed by atoms with Gasteiger partial charge in [0.1, 0.15) is 5.54 Å². The third-order valence-corrected chi connectivity index (χ3v) is 5.56. The lowest BCUT2D eigenvalue weighted by atomic mass is 10.0. The summed E-state index contributed by atoms with van der Waals surface area (Å²) in [5.41, 5.74) is -1.27. The molecular weight excluding hydrogens is 399 g/mol. The van der Waals surface area contributed by atoms with Crippen LogP contribution in [0.3, 0.4) is 0 Å². The minimum absolute atomic E-state index is 0.0118. The molecule has 6 nitrogen and oxygen atoms in total. The minimum atomic E-state index is -4.44. The molecule has 2 aliphatic rings. The molecule has 1 saturated carbocycles. The summed E-state index contributed by atoms with van der Waals surface area (Å²) in [4.78, 5) is 39.8. The molecular formula is C21H26F3N3O3. The number of hydrogen-bond donors (Lipinski definition) is 1.